The topological polar surface area (TPSA) is 83.0 Å². The second-order valence-corrected chi connectivity index (χ2v) is 7.94. The van der Waals surface area contributed by atoms with Crippen molar-refractivity contribution in [1.29, 1.82) is 0 Å². The molecule has 4 rings (SSSR count). The van der Waals surface area contributed by atoms with Crippen LogP contribution in [-0.4, -0.2) is 40.0 Å². The predicted octanol–water partition coefficient (Wildman–Crippen LogP) is 2.67. The van der Waals surface area contributed by atoms with Crippen molar-refractivity contribution in [2.75, 3.05) is 18.5 Å². The molecule has 7 nitrogen and oxygen atoms in total. The first-order valence-corrected chi connectivity index (χ1v) is 9.73. The molecule has 2 heterocycles. The normalized spacial score (nSPS) is 15.7. The molecule has 2 N–H and O–H groups in total. The van der Waals surface area contributed by atoms with E-state index < -0.39 is 5.92 Å². The molecule has 3 aromatic rings. The molecule has 0 atom stereocenters. The summed E-state index contributed by atoms with van der Waals surface area (Å²) in [7, 11) is 3.50. The summed E-state index contributed by atoms with van der Waals surface area (Å²) in [5.41, 5.74) is 2.38. The summed E-state index contributed by atoms with van der Waals surface area (Å²) < 4.78 is 27.4. The fraction of sp³-hybridized carbons (Fsp3) is 0.381. The molecule has 1 amide bonds. The summed E-state index contributed by atoms with van der Waals surface area (Å²) in [5.74, 6) is -2.07. The Morgan fingerprint density at radius 3 is 2.77 bits per heavy atom. The number of nitrogens with zero attached hydrogens (tertiary/aromatic N) is 3. The molecule has 1 aliphatic rings. The highest BCUT2D eigenvalue weighted by Crippen LogP contribution is 2.42. The fourth-order valence-corrected chi connectivity index (χ4v) is 3.80. The number of aryl methyl sites for hydroxylation is 1. The Kier molecular flexibility index (Phi) is 5.05. The molecule has 0 spiro atoms. The number of aromatic nitrogens is 3. The van der Waals surface area contributed by atoms with Gasteiger partial charge < -0.3 is 15.2 Å². The summed E-state index contributed by atoms with van der Waals surface area (Å²) in [6.45, 7) is 0.844. The molecule has 0 saturated heterocycles. The number of H-pyrrole nitrogens is 1. The van der Waals surface area contributed by atoms with Crippen molar-refractivity contribution in [1.82, 2.24) is 19.9 Å². The minimum atomic E-state index is -2.51. The van der Waals surface area contributed by atoms with Gasteiger partial charge in [0.15, 0.2) is 0 Å². The molecular formula is C21H23F2N5O2. The zero-order chi connectivity index (χ0) is 21.5. The number of anilines is 1. The van der Waals surface area contributed by atoms with Gasteiger partial charge in [-0.25, -0.2) is 18.6 Å². The number of hydrogen-bond acceptors (Lipinski definition) is 4. The zero-order valence-corrected chi connectivity index (χ0v) is 16.8. The average molecular weight is 415 g/mol. The number of amides is 1. The highest BCUT2D eigenvalue weighted by molar-refractivity contribution is 5.97. The van der Waals surface area contributed by atoms with Crippen molar-refractivity contribution in [3.05, 3.63) is 58.1 Å². The average Bonchev–Trinajstić information content (AvgIpc) is 2.98. The van der Waals surface area contributed by atoms with Crippen molar-refractivity contribution >= 4 is 22.8 Å². The van der Waals surface area contributed by atoms with Crippen LogP contribution in [0.1, 0.15) is 28.8 Å². The number of imidazole rings is 1. The second-order valence-electron chi connectivity index (χ2n) is 7.94. The molecule has 0 unspecified atom stereocenters. The Hall–Kier alpha value is -3.23. The molecule has 30 heavy (non-hydrogen) atoms. The molecule has 1 aromatic carbocycles. The van der Waals surface area contributed by atoms with Crippen LogP contribution >= 0.6 is 0 Å². The third-order valence-corrected chi connectivity index (χ3v) is 5.53. The standard InChI is InChI=1S/C21H23F2N5O2/c1-27(12-14-8-21(22,23)9-14)18-6-3-13(10-24-18)11-25-19(29)15-4-5-17-16(7-15)26-20(30)28(17)2/h3-7,10,14H,8-9,11-12H2,1-2H3,(H,25,29)(H,26,30). The van der Waals surface area contributed by atoms with Crippen LogP contribution in [0.5, 0.6) is 0 Å². The number of nitrogens with one attached hydrogen (secondary N) is 2. The van der Waals surface area contributed by atoms with Crippen LogP contribution in [0.4, 0.5) is 14.6 Å². The maximum atomic E-state index is 13.0. The largest absolute Gasteiger partial charge is 0.359 e. The summed E-state index contributed by atoms with van der Waals surface area (Å²) in [4.78, 5) is 33.1. The molecule has 1 aliphatic carbocycles. The van der Waals surface area contributed by atoms with E-state index in [9.17, 15) is 18.4 Å². The summed E-state index contributed by atoms with van der Waals surface area (Å²) in [6.07, 6.45) is 1.54. The Bertz CT molecular complexity index is 1130. The molecule has 1 fully saturated rings. The molecule has 1 saturated carbocycles. The van der Waals surface area contributed by atoms with Crippen molar-refractivity contribution in [3.8, 4) is 0 Å². The third kappa shape index (κ3) is 4.05. The van der Waals surface area contributed by atoms with Crippen LogP contribution in [-0.2, 0) is 13.6 Å². The van der Waals surface area contributed by atoms with Crippen LogP contribution in [0.25, 0.3) is 11.0 Å². The van der Waals surface area contributed by atoms with Crippen LogP contribution < -0.4 is 15.9 Å². The maximum absolute atomic E-state index is 13.0. The number of carbonyl (C=O) groups excluding carboxylic acids is 1. The minimum absolute atomic E-state index is 0.0114. The Labute approximate surface area is 171 Å². The van der Waals surface area contributed by atoms with Crippen LogP contribution in [0.3, 0.4) is 0 Å². The number of carbonyl (C=O) groups is 1. The maximum Gasteiger partial charge on any atom is 0.326 e. The smallest absolute Gasteiger partial charge is 0.326 e. The van der Waals surface area contributed by atoms with E-state index in [-0.39, 0.29) is 30.4 Å². The van der Waals surface area contributed by atoms with Gasteiger partial charge in [0.25, 0.3) is 5.91 Å². The van der Waals surface area contributed by atoms with E-state index in [1.54, 1.807) is 31.4 Å². The monoisotopic (exact) mass is 415 g/mol. The van der Waals surface area contributed by atoms with Gasteiger partial charge in [-0.05, 0) is 35.7 Å². The lowest BCUT2D eigenvalue weighted by molar-refractivity contribution is -0.107. The zero-order valence-electron chi connectivity index (χ0n) is 16.8. The van der Waals surface area contributed by atoms with E-state index in [1.165, 1.54) is 4.57 Å². The van der Waals surface area contributed by atoms with E-state index in [1.807, 2.05) is 24.1 Å². The highest BCUT2D eigenvalue weighted by Gasteiger charge is 2.45. The molecule has 0 radical (unpaired) electrons. The van der Waals surface area contributed by atoms with E-state index in [0.717, 1.165) is 11.1 Å². The van der Waals surface area contributed by atoms with Crippen molar-refractivity contribution in [2.45, 2.75) is 25.3 Å². The molecule has 2 aromatic heterocycles. The number of halogens is 2. The predicted molar refractivity (Wildman–Crippen MR) is 110 cm³/mol. The summed E-state index contributed by atoms with van der Waals surface area (Å²) >= 11 is 0. The number of pyridine rings is 1. The number of alkyl halides is 2. The summed E-state index contributed by atoms with van der Waals surface area (Å²) in [5, 5.41) is 2.83. The Morgan fingerprint density at radius 1 is 1.33 bits per heavy atom. The van der Waals surface area contributed by atoms with E-state index in [2.05, 4.69) is 15.3 Å². The number of hydrogen-bond donors (Lipinski definition) is 2. The van der Waals surface area contributed by atoms with E-state index in [4.69, 9.17) is 0 Å². The first-order valence-electron chi connectivity index (χ1n) is 9.73. The number of fused-ring (bicyclic) bond motifs is 1. The van der Waals surface area contributed by atoms with Gasteiger partial charge in [0.05, 0.1) is 11.0 Å². The SMILES string of the molecule is CN(CC1CC(F)(F)C1)c1ccc(CNC(=O)c2ccc3c(c2)[nH]c(=O)n3C)cn1. The molecule has 0 bridgehead atoms. The lowest BCUT2D eigenvalue weighted by atomic mass is 9.81. The van der Waals surface area contributed by atoms with Crippen LogP contribution in [0.2, 0.25) is 0 Å². The molecule has 158 valence electrons. The quantitative estimate of drug-likeness (QED) is 0.649. The van der Waals surface area contributed by atoms with Gasteiger partial charge in [-0.3, -0.25) is 9.36 Å². The van der Waals surface area contributed by atoms with Crippen molar-refractivity contribution < 1.29 is 13.6 Å². The van der Waals surface area contributed by atoms with Gasteiger partial charge in [0, 0.05) is 51.8 Å². The van der Waals surface area contributed by atoms with Gasteiger partial charge in [-0.1, -0.05) is 6.07 Å². The van der Waals surface area contributed by atoms with E-state index >= 15 is 0 Å². The minimum Gasteiger partial charge on any atom is -0.359 e. The Morgan fingerprint density at radius 2 is 2.10 bits per heavy atom. The van der Waals surface area contributed by atoms with Crippen LogP contribution in [0.15, 0.2) is 41.3 Å². The lowest BCUT2D eigenvalue weighted by Gasteiger charge is -2.37. The lowest BCUT2D eigenvalue weighted by Crippen LogP contribution is -2.41. The fourth-order valence-electron chi connectivity index (χ4n) is 3.80. The first-order chi connectivity index (χ1) is 14.2. The third-order valence-electron chi connectivity index (χ3n) is 5.53. The van der Waals surface area contributed by atoms with Gasteiger partial charge in [-0.15, -0.1) is 0 Å². The van der Waals surface area contributed by atoms with E-state index in [0.29, 0.717) is 30.0 Å². The van der Waals surface area contributed by atoms with Crippen LogP contribution in [0, 0.1) is 5.92 Å². The molecule has 9 heteroatoms. The second kappa shape index (κ2) is 7.55. The Balaban J connectivity index is 1.33. The van der Waals surface area contributed by atoms with Gasteiger partial charge in [0.1, 0.15) is 5.82 Å². The molecular weight excluding hydrogens is 392 g/mol. The number of rotatable bonds is 6. The van der Waals surface area contributed by atoms with Gasteiger partial charge in [-0.2, -0.15) is 0 Å². The number of benzene rings is 1. The highest BCUT2D eigenvalue weighted by atomic mass is 19.3. The molecule has 0 aliphatic heterocycles. The van der Waals surface area contributed by atoms with Crippen molar-refractivity contribution in [2.24, 2.45) is 13.0 Å². The van der Waals surface area contributed by atoms with Gasteiger partial charge in [0.2, 0.25) is 5.92 Å². The van der Waals surface area contributed by atoms with Gasteiger partial charge >= 0.3 is 5.69 Å². The van der Waals surface area contributed by atoms with Crippen molar-refractivity contribution in [3.63, 3.8) is 0 Å². The number of aromatic amines is 1. The first kappa shape index (κ1) is 20.1. The summed E-state index contributed by atoms with van der Waals surface area (Å²) in [6, 6.07) is 8.72.